The zero-order valence-corrected chi connectivity index (χ0v) is 8.75. The highest BCUT2D eigenvalue weighted by Crippen LogP contribution is 2.12. The fourth-order valence-corrected chi connectivity index (χ4v) is 1.13. The minimum absolute atomic E-state index is 0.637. The summed E-state index contributed by atoms with van der Waals surface area (Å²) in [7, 11) is 0. The SMILES string of the molecule is CCCC#CC(O)c1ccc(C)cc1. The molecule has 0 amide bonds. The molecule has 1 atom stereocenters. The maximum Gasteiger partial charge on any atom is 0.140 e. The molecule has 1 heteroatoms. The predicted octanol–water partition coefficient (Wildman–Crippen LogP) is 2.83. The topological polar surface area (TPSA) is 20.2 Å². The van der Waals surface area contributed by atoms with E-state index in [0.29, 0.717) is 0 Å². The molecule has 0 saturated carbocycles. The Morgan fingerprint density at radius 3 is 2.50 bits per heavy atom. The Morgan fingerprint density at radius 1 is 1.29 bits per heavy atom. The molecule has 0 aliphatic carbocycles. The first-order valence-electron chi connectivity index (χ1n) is 4.97. The molecule has 0 fully saturated rings. The van der Waals surface area contributed by atoms with E-state index in [-0.39, 0.29) is 0 Å². The molecular weight excluding hydrogens is 172 g/mol. The highest BCUT2D eigenvalue weighted by atomic mass is 16.3. The Hall–Kier alpha value is -1.26. The summed E-state index contributed by atoms with van der Waals surface area (Å²) in [5.41, 5.74) is 2.07. The summed E-state index contributed by atoms with van der Waals surface area (Å²) in [5.74, 6) is 5.77. The van der Waals surface area contributed by atoms with E-state index in [1.807, 2.05) is 31.2 Å². The fourth-order valence-electron chi connectivity index (χ4n) is 1.13. The van der Waals surface area contributed by atoms with E-state index >= 15 is 0 Å². The smallest absolute Gasteiger partial charge is 0.140 e. The summed E-state index contributed by atoms with van der Waals surface area (Å²) in [4.78, 5) is 0. The van der Waals surface area contributed by atoms with Crippen LogP contribution in [-0.4, -0.2) is 5.11 Å². The predicted molar refractivity (Wildman–Crippen MR) is 58.8 cm³/mol. The van der Waals surface area contributed by atoms with Gasteiger partial charge < -0.3 is 5.11 Å². The van der Waals surface area contributed by atoms with Gasteiger partial charge in [-0.15, -0.1) is 5.92 Å². The van der Waals surface area contributed by atoms with Gasteiger partial charge in [0.2, 0.25) is 0 Å². The monoisotopic (exact) mass is 188 g/mol. The van der Waals surface area contributed by atoms with Crippen LogP contribution in [-0.2, 0) is 0 Å². The van der Waals surface area contributed by atoms with Crippen LogP contribution >= 0.6 is 0 Å². The van der Waals surface area contributed by atoms with Crippen LogP contribution in [0, 0.1) is 18.8 Å². The molecule has 1 N–H and O–H groups in total. The van der Waals surface area contributed by atoms with Crippen molar-refractivity contribution in [2.24, 2.45) is 0 Å². The third-order valence-corrected chi connectivity index (χ3v) is 2.01. The van der Waals surface area contributed by atoms with Gasteiger partial charge in [0.15, 0.2) is 0 Å². The average Bonchev–Trinajstić information content (AvgIpc) is 2.19. The molecule has 0 aromatic heterocycles. The number of hydrogen-bond acceptors (Lipinski definition) is 1. The van der Waals surface area contributed by atoms with Crippen LogP contribution in [0.3, 0.4) is 0 Å². The zero-order valence-electron chi connectivity index (χ0n) is 8.75. The number of unbranched alkanes of at least 4 members (excludes halogenated alkanes) is 1. The van der Waals surface area contributed by atoms with Crippen LogP contribution in [0.25, 0.3) is 0 Å². The lowest BCUT2D eigenvalue weighted by atomic mass is 10.1. The first-order chi connectivity index (χ1) is 6.74. The second-order valence-electron chi connectivity index (χ2n) is 3.38. The number of hydrogen-bond donors (Lipinski definition) is 1. The van der Waals surface area contributed by atoms with Gasteiger partial charge in [-0.25, -0.2) is 0 Å². The van der Waals surface area contributed by atoms with Crippen LogP contribution in [0.1, 0.15) is 37.0 Å². The van der Waals surface area contributed by atoms with Gasteiger partial charge in [-0.1, -0.05) is 42.7 Å². The molecule has 1 rings (SSSR count). The Kier molecular flexibility index (Phi) is 4.22. The molecule has 0 aliphatic rings. The van der Waals surface area contributed by atoms with Crippen LogP contribution in [0.2, 0.25) is 0 Å². The van der Waals surface area contributed by atoms with Crippen LogP contribution in [0.4, 0.5) is 0 Å². The summed E-state index contributed by atoms with van der Waals surface area (Å²) in [6.45, 7) is 4.10. The van der Waals surface area contributed by atoms with Crippen molar-refractivity contribution in [1.82, 2.24) is 0 Å². The normalized spacial score (nSPS) is 11.6. The van der Waals surface area contributed by atoms with Gasteiger partial charge >= 0.3 is 0 Å². The number of rotatable bonds is 2. The molecule has 1 unspecified atom stereocenters. The average molecular weight is 188 g/mol. The Bertz CT molecular complexity index is 326. The van der Waals surface area contributed by atoms with E-state index in [9.17, 15) is 5.11 Å². The number of aliphatic hydroxyl groups is 1. The second kappa shape index (κ2) is 5.47. The quantitative estimate of drug-likeness (QED) is 0.707. The van der Waals surface area contributed by atoms with Crippen LogP contribution in [0.15, 0.2) is 24.3 Å². The Labute approximate surface area is 85.8 Å². The summed E-state index contributed by atoms with van der Waals surface area (Å²) >= 11 is 0. The summed E-state index contributed by atoms with van der Waals surface area (Å²) in [6.07, 6.45) is 1.25. The molecule has 14 heavy (non-hydrogen) atoms. The molecule has 1 aromatic rings. The molecule has 1 aromatic carbocycles. The summed E-state index contributed by atoms with van der Waals surface area (Å²) in [5, 5.41) is 9.66. The minimum Gasteiger partial charge on any atom is -0.376 e. The molecular formula is C13H16O. The van der Waals surface area contributed by atoms with Crippen molar-refractivity contribution in [2.45, 2.75) is 32.8 Å². The summed E-state index contributed by atoms with van der Waals surface area (Å²) in [6, 6.07) is 7.81. The van der Waals surface area contributed by atoms with Gasteiger partial charge in [-0.05, 0) is 18.9 Å². The van der Waals surface area contributed by atoms with Crippen molar-refractivity contribution in [1.29, 1.82) is 0 Å². The second-order valence-corrected chi connectivity index (χ2v) is 3.38. The van der Waals surface area contributed by atoms with E-state index < -0.39 is 6.10 Å². The maximum absolute atomic E-state index is 9.66. The van der Waals surface area contributed by atoms with E-state index in [2.05, 4.69) is 18.8 Å². The Balaban J connectivity index is 2.66. The molecule has 74 valence electrons. The first-order valence-corrected chi connectivity index (χ1v) is 4.97. The van der Waals surface area contributed by atoms with E-state index in [1.165, 1.54) is 5.56 Å². The van der Waals surface area contributed by atoms with Crippen molar-refractivity contribution in [2.75, 3.05) is 0 Å². The third kappa shape index (κ3) is 3.24. The van der Waals surface area contributed by atoms with Gasteiger partial charge in [-0.2, -0.15) is 0 Å². The van der Waals surface area contributed by atoms with Crippen molar-refractivity contribution >= 4 is 0 Å². The van der Waals surface area contributed by atoms with E-state index in [0.717, 1.165) is 18.4 Å². The third-order valence-electron chi connectivity index (χ3n) is 2.01. The molecule has 0 heterocycles. The standard InChI is InChI=1S/C13H16O/c1-3-4-5-6-13(14)12-9-7-11(2)8-10-12/h7-10,13-14H,3-4H2,1-2H3. The highest BCUT2D eigenvalue weighted by molar-refractivity contribution is 5.27. The van der Waals surface area contributed by atoms with Crippen LogP contribution in [0.5, 0.6) is 0 Å². The van der Waals surface area contributed by atoms with Gasteiger partial charge in [0.05, 0.1) is 0 Å². The number of aliphatic hydroxyl groups excluding tert-OH is 1. The molecule has 0 aliphatic heterocycles. The van der Waals surface area contributed by atoms with Crippen LogP contribution < -0.4 is 0 Å². The van der Waals surface area contributed by atoms with Crippen molar-refractivity contribution in [3.63, 3.8) is 0 Å². The first kappa shape index (κ1) is 10.8. The van der Waals surface area contributed by atoms with Gasteiger partial charge in [0.1, 0.15) is 6.10 Å². The molecule has 0 saturated heterocycles. The van der Waals surface area contributed by atoms with Crippen molar-refractivity contribution in [3.05, 3.63) is 35.4 Å². The number of benzene rings is 1. The van der Waals surface area contributed by atoms with Gasteiger partial charge in [-0.3, -0.25) is 0 Å². The summed E-state index contributed by atoms with van der Waals surface area (Å²) < 4.78 is 0. The van der Waals surface area contributed by atoms with E-state index in [1.54, 1.807) is 0 Å². The van der Waals surface area contributed by atoms with Crippen molar-refractivity contribution in [3.8, 4) is 11.8 Å². The molecule has 0 radical (unpaired) electrons. The van der Waals surface area contributed by atoms with Crippen molar-refractivity contribution < 1.29 is 5.11 Å². The van der Waals surface area contributed by atoms with Gasteiger partial charge in [0, 0.05) is 6.42 Å². The zero-order chi connectivity index (χ0) is 10.4. The molecule has 0 spiro atoms. The maximum atomic E-state index is 9.66. The molecule has 0 bridgehead atoms. The lowest BCUT2D eigenvalue weighted by Gasteiger charge is -2.03. The number of aryl methyl sites for hydroxylation is 1. The highest BCUT2D eigenvalue weighted by Gasteiger charge is 2.01. The Morgan fingerprint density at radius 2 is 1.93 bits per heavy atom. The largest absolute Gasteiger partial charge is 0.376 e. The lowest BCUT2D eigenvalue weighted by Crippen LogP contribution is -1.93. The minimum atomic E-state index is -0.637. The lowest BCUT2D eigenvalue weighted by molar-refractivity contribution is 0.238. The van der Waals surface area contributed by atoms with Gasteiger partial charge in [0.25, 0.3) is 0 Å². The van der Waals surface area contributed by atoms with E-state index in [4.69, 9.17) is 0 Å². The molecule has 1 nitrogen and oxygen atoms in total. The fraction of sp³-hybridized carbons (Fsp3) is 0.385.